The molecule has 0 saturated heterocycles. The zero-order valence-corrected chi connectivity index (χ0v) is 9.29. The number of amides is 1. The third kappa shape index (κ3) is 8.01. The van der Waals surface area contributed by atoms with Crippen molar-refractivity contribution < 1.29 is 14.3 Å². The molecular formula is C10H21NO3. The van der Waals surface area contributed by atoms with Crippen LogP contribution >= 0.6 is 0 Å². The summed E-state index contributed by atoms with van der Waals surface area (Å²) in [6.45, 7) is 8.48. The molecule has 0 aromatic carbocycles. The lowest BCUT2D eigenvalue weighted by atomic mass is 10.2. The standard InChI is InChI=1S/C10H21NO3/c1-4-13-6-10(11-8-12)7-14-5-9(2)3/h8-10H,4-7H2,1-3H3,(H,11,12). The first-order chi connectivity index (χ1) is 6.70. The number of nitrogens with one attached hydrogen (secondary N) is 1. The molecule has 0 aromatic heterocycles. The van der Waals surface area contributed by atoms with E-state index >= 15 is 0 Å². The highest BCUT2D eigenvalue weighted by Gasteiger charge is 2.07. The highest BCUT2D eigenvalue weighted by Crippen LogP contribution is 1.94. The molecular weight excluding hydrogens is 182 g/mol. The third-order valence-corrected chi connectivity index (χ3v) is 1.60. The van der Waals surface area contributed by atoms with Crippen molar-refractivity contribution in [3.05, 3.63) is 0 Å². The first-order valence-corrected chi connectivity index (χ1v) is 5.05. The summed E-state index contributed by atoms with van der Waals surface area (Å²) in [5.41, 5.74) is 0. The van der Waals surface area contributed by atoms with Crippen LogP contribution in [0.15, 0.2) is 0 Å². The van der Waals surface area contributed by atoms with E-state index in [1.807, 2.05) is 6.92 Å². The predicted octanol–water partition coefficient (Wildman–Crippen LogP) is 0.810. The molecule has 0 rings (SSSR count). The number of rotatable bonds is 9. The van der Waals surface area contributed by atoms with Gasteiger partial charge in [-0.3, -0.25) is 4.79 Å². The van der Waals surface area contributed by atoms with Crippen molar-refractivity contribution in [2.45, 2.75) is 26.8 Å². The van der Waals surface area contributed by atoms with E-state index in [9.17, 15) is 4.79 Å². The van der Waals surface area contributed by atoms with E-state index < -0.39 is 0 Å². The molecule has 1 N–H and O–H groups in total. The Morgan fingerprint density at radius 1 is 1.21 bits per heavy atom. The molecule has 0 aliphatic carbocycles. The minimum absolute atomic E-state index is 0.0359. The highest BCUT2D eigenvalue weighted by molar-refractivity contribution is 5.46. The maximum atomic E-state index is 10.3. The number of hydrogen-bond acceptors (Lipinski definition) is 3. The fourth-order valence-electron chi connectivity index (χ4n) is 0.947. The molecule has 4 nitrogen and oxygen atoms in total. The van der Waals surface area contributed by atoms with Crippen molar-refractivity contribution in [2.24, 2.45) is 5.92 Å². The quantitative estimate of drug-likeness (QED) is 0.564. The van der Waals surface area contributed by atoms with Gasteiger partial charge in [0.05, 0.1) is 19.3 Å². The first-order valence-electron chi connectivity index (χ1n) is 5.05. The molecule has 14 heavy (non-hydrogen) atoms. The Hall–Kier alpha value is -0.610. The second kappa shape index (κ2) is 8.97. The fraction of sp³-hybridized carbons (Fsp3) is 0.900. The molecule has 0 aliphatic rings. The zero-order valence-electron chi connectivity index (χ0n) is 9.29. The van der Waals surface area contributed by atoms with Crippen LogP contribution in [0.25, 0.3) is 0 Å². The molecule has 0 aromatic rings. The van der Waals surface area contributed by atoms with Gasteiger partial charge in [-0.2, -0.15) is 0 Å². The second-order valence-corrected chi connectivity index (χ2v) is 3.57. The zero-order chi connectivity index (χ0) is 10.8. The maximum Gasteiger partial charge on any atom is 0.207 e. The average molecular weight is 203 g/mol. The lowest BCUT2D eigenvalue weighted by Gasteiger charge is -2.16. The Morgan fingerprint density at radius 3 is 2.36 bits per heavy atom. The van der Waals surface area contributed by atoms with E-state index in [4.69, 9.17) is 9.47 Å². The van der Waals surface area contributed by atoms with Gasteiger partial charge in [0.25, 0.3) is 0 Å². The summed E-state index contributed by atoms with van der Waals surface area (Å²) in [7, 11) is 0. The molecule has 0 aliphatic heterocycles. The first kappa shape index (κ1) is 13.4. The Kier molecular flexibility index (Phi) is 8.57. The molecule has 1 amide bonds. The molecule has 4 heteroatoms. The van der Waals surface area contributed by atoms with Crippen LogP contribution in [-0.2, 0) is 14.3 Å². The summed E-state index contributed by atoms with van der Waals surface area (Å²) in [6, 6.07) is -0.0359. The van der Waals surface area contributed by atoms with Gasteiger partial charge in [-0.05, 0) is 12.8 Å². The number of carbonyl (C=O) groups excluding carboxylic acids is 1. The van der Waals surface area contributed by atoms with Gasteiger partial charge >= 0.3 is 0 Å². The number of ether oxygens (including phenoxy) is 2. The maximum absolute atomic E-state index is 10.3. The van der Waals surface area contributed by atoms with E-state index in [1.54, 1.807) is 0 Å². The summed E-state index contributed by atoms with van der Waals surface area (Å²) in [5.74, 6) is 0.513. The topological polar surface area (TPSA) is 47.6 Å². The smallest absolute Gasteiger partial charge is 0.207 e. The molecule has 0 bridgehead atoms. The van der Waals surface area contributed by atoms with E-state index in [-0.39, 0.29) is 6.04 Å². The van der Waals surface area contributed by atoms with Crippen molar-refractivity contribution in [1.29, 1.82) is 0 Å². The van der Waals surface area contributed by atoms with Crippen LogP contribution in [0.3, 0.4) is 0 Å². The van der Waals surface area contributed by atoms with Crippen LogP contribution in [0.2, 0.25) is 0 Å². The molecule has 0 heterocycles. The molecule has 1 atom stereocenters. The predicted molar refractivity (Wildman–Crippen MR) is 55.1 cm³/mol. The van der Waals surface area contributed by atoms with E-state index in [0.717, 1.165) is 0 Å². The molecule has 0 fully saturated rings. The molecule has 84 valence electrons. The van der Waals surface area contributed by atoms with Gasteiger partial charge in [0, 0.05) is 13.2 Å². The lowest BCUT2D eigenvalue weighted by molar-refractivity contribution is -0.111. The monoisotopic (exact) mass is 203 g/mol. The largest absolute Gasteiger partial charge is 0.380 e. The molecule has 0 saturated carbocycles. The highest BCUT2D eigenvalue weighted by atomic mass is 16.5. The van der Waals surface area contributed by atoms with Gasteiger partial charge in [0.2, 0.25) is 6.41 Å². The van der Waals surface area contributed by atoms with E-state index in [1.165, 1.54) is 0 Å². The van der Waals surface area contributed by atoms with Crippen LogP contribution in [0.1, 0.15) is 20.8 Å². The SMILES string of the molecule is CCOCC(COCC(C)C)NC=O. The van der Waals surface area contributed by atoms with Gasteiger partial charge in [-0.15, -0.1) is 0 Å². The minimum atomic E-state index is -0.0359. The summed E-state index contributed by atoms with van der Waals surface area (Å²) in [6.07, 6.45) is 0.683. The number of hydrogen-bond donors (Lipinski definition) is 1. The summed E-state index contributed by atoms with van der Waals surface area (Å²) in [5, 5.41) is 2.66. The van der Waals surface area contributed by atoms with Gasteiger partial charge in [0.1, 0.15) is 0 Å². The lowest BCUT2D eigenvalue weighted by Crippen LogP contribution is -2.37. The number of carbonyl (C=O) groups is 1. The van der Waals surface area contributed by atoms with Crippen molar-refractivity contribution in [3.8, 4) is 0 Å². The van der Waals surface area contributed by atoms with E-state index in [2.05, 4.69) is 19.2 Å². The van der Waals surface area contributed by atoms with Crippen LogP contribution in [0, 0.1) is 5.92 Å². The van der Waals surface area contributed by atoms with Gasteiger partial charge in [0.15, 0.2) is 0 Å². The average Bonchev–Trinajstić information content (AvgIpc) is 2.13. The normalized spacial score (nSPS) is 12.9. The summed E-state index contributed by atoms with van der Waals surface area (Å²) >= 11 is 0. The van der Waals surface area contributed by atoms with Crippen molar-refractivity contribution in [2.75, 3.05) is 26.4 Å². The van der Waals surface area contributed by atoms with Crippen LogP contribution < -0.4 is 5.32 Å². The minimum Gasteiger partial charge on any atom is -0.380 e. The van der Waals surface area contributed by atoms with E-state index in [0.29, 0.717) is 38.8 Å². The Morgan fingerprint density at radius 2 is 1.86 bits per heavy atom. The molecule has 1 unspecified atom stereocenters. The summed E-state index contributed by atoms with van der Waals surface area (Å²) < 4.78 is 10.6. The van der Waals surface area contributed by atoms with Crippen molar-refractivity contribution in [3.63, 3.8) is 0 Å². The van der Waals surface area contributed by atoms with Gasteiger partial charge in [-0.1, -0.05) is 13.8 Å². The van der Waals surface area contributed by atoms with Gasteiger partial charge < -0.3 is 14.8 Å². The Balaban J connectivity index is 3.55. The van der Waals surface area contributed by atoms with Crippen LogP contribution in [0.4, 0.5) is 0 Å². The summed E-state index contributed by atoms with van der Waals surface area (Å²) in [4.78, 5) is 10.3. The third-order valence-electron chi connectivity index (χ3n) is 1.60. The Labute approximate surface area is 86.0 Å². The molecule has 0 radical (unpaired) electrons. The van der Waals surface area contributed by atoms with Crippen LogP contribution in [-0.4, -0.2) is 38.9 Å². The fourth-order valence-corrected chi connectivity index (χ4v) is 0.947. The van der Waals surface area contributed by atoms with Crippen molar-refractivity contribution in [1.82, 2.24) is 5.32 Å². The Bertz CT molecular complexity index is 139. The molecule has 0 spiro atoms. The van der Waals surface area contributed by atoms with Gasteiger partial charge in [-0.25, -0.2) is 0 Å². The van der Waals surface area contributed by atoms with Crippen LogP contribution in [0.5, 0.6) is 0 Å². The van der Waals surface area contributed by atoms with Crippen molar-refractivity contribution >= 4 is 6.41 Å². The second-order valence-electron chi connectivity index (χ2n) is 3.57.